The topological polar surface area (TPSA) is 45.7 Å². The van der Waals surface area contributed by atoms with Gasteiger partial charge in [0.15, 0.2) is 5.78 Å². The lowest BCUT2D eigenvalue weighted by Gasteiger charge is -2.24. The molecule has 0 aromatic carbocycles. The molecule has 3 heterocycles. The Labute approximate surface area is 131 Å². The van der Waals surface area contributed by atoms with Crippen molar-refractivity contribution in [2.24, 2.45) is 0 Å². The molecule has 1 saturated heterocycles. The first-order valence-corrected chi connectivity index (χ1v) is 8.07. The van der Waals surface area contributed by atoms with E-state index >= 15 is 0 Å². The highest BCUT2D eigenvalue weighted by Crippen LogP contribution is 2.28. The number of pyridine rings is 1. The molecule has 0 bridgehead atoms. The zero-order chi connectivity index (χ0) is 15.2. The fourth-order valence-electron chi connectivity index (χ4n) is 2.97. The molecule has 0 amide bonds. The SMILES string of the molecule is O=C1CC=CN(c2cnccc2OCCCN2CCCC2)C1. The Morgan fingerprint density at radius 3 is 2.95 bits per heavy atom. The molecule has 118 valence electrons. The Bertz CT molecular complexity index is 538. The van der Waals surface area contributed by atoms with E-state index in [-0.39, 0.29) is 5.78 Å². The summed E-state index contributed by atoms with van der Waals surface area (Å²) in [4.78, 5) is 20.2. The lowest BCUT2D eigenvalue weighted by Crippen LogP contribution is -2.28. The average Bonchev–Trinajstić information content (AvgIpc) is 3.05. The summed E-state index contributed by atoms with van der Waals surface area (Å²) < 4.78 is 5.93. The monoisotopic (exact) mass is 301 g/mol. The highest BCUT2D eigenvalue weighted by atomic mass is 16.5. The maximum atomic E-state index is 11.6. The van der Waals surface area contributed by atoms with E-state index in [4.69, 9.17) is 4.74 Å². The van der Waals surface area contributed by atoms with Crippen molar-refractivity contribution in [3.8, 4) is 5.75 Å². The van der Waals surface area contributed by atoms with Gasteiger partial charge < -0.3 is 14.5 Å². The average molecular weight is 301 g/mol. The van der Waals surface area contributed by atoms with Crippen molar-refractivity contribution in [2.75, 3.05) is 37.7 Å². The van der Waals surface area contributed by atoms with Crippen LogP contribution in [-0.2, 0) is 4.79 Å². The predicted octanol–water partition coefficient (Wildman–Crippen LogP) is 2.24. The van der Waals surface area contributed by atoms with Crippen LogP contribution in [0.3, 0.4) is 0 Å². The molecule has 0 N–H and O–H groups in total. The molecule has 0 spiro atoms. The van der Waals surface area contributed by atoms with Gasteiger partial charge in [-0.3, -0.25) is 9.78 Å². The quantitative estimate of drug-likeness (QED) is 0.754. The van der Waals surface area contributed by atoms with Crippen molar-refractivity contribution >= 4 is 11.5 Å². The number of carbonyl (C=O) groups is 1. The molecule has 0 radical (unpaired) electrons. The molecule has 1 aromatic heterocycles. The Balaban J connectivity index is 1.55. The van der Waals surface area contributed by atoms with Crippen molar-refractivity contribution < 1.29 is 9.53 Å². The minimum Gasteiger partial charge on any atom is -0.491 e. The van der Waals surface area contributed by atoms with Crippen LogP contribution in [0.15, 0.2) is 30.7 Å². The van der Waals surface area contributed by atoms with E-state index in [1.807, 2.05) is 23.2 Å². The van der Waals surface area contributed by atoms with Crippen molar-refractivity contribution in [3.63, 3.8) is 0 Å². The number of aromatic nitrogens is 1. The van der Waals surface area contributed by atoms with Crippen LogP contribution in [0.1, 0.15) is 25.7 Å². The number of ketones is 1. The molecule has 2 aliphatic heterocycles. The van der Waals surface area contributed by atoms with Crippen LogP contribution < -0.4 is 9.64 Å². The molecule has 22 heavy (non-hydrogen) atoms. The van der Waals surface area contributed by atoms with Crippen LogP contribution in [0, 0.1) is 0 Å². The summed E-state index contributed by atoms with van der Waals surface area (Å²) in [7, 11) is 0. The van der Waals surface area contributed by atoms with Crippen molar-refractivity contribution in [1.29, 1.82) is 0 Å². The van der Waals surface area contributed by atoms with Crippen molar-refractivity contribution in [2.45, 2.75) is 25.7 Å². The molecule has 0 atom stereocenters. The molecular weight excluding hydrogens is 278 g/mol. The number of rotatable bonds is 6. The zero-order valence-corrected chi connectivity index (χ0v) is 12.9. The first-order chi connectivity index (χ1) is 10.8. The van der Waals surface area contributed by atoms with Gasteiger partial charge in [-0.15, -0.1) is 0 Å². The number of hydrogen-bond donors (Lipinski definition) is 0. The largest absolute Gasteiger partial charge is 0.491 e. The van der Waals surface area contributed by atoms with Crippen LogP contribution in [-0.4, -0.2) is 48.5 Å². The van der Waals surface area contributed by atoms with Gasteiger partial charge in [0, 0.05) is 31.4 Å². The minimum absolute atomic E-state index is 0.214. The highest BCUT2D eigenvalue weighted by molar-refractivity contribution is 5.87. The number of Topliss-reactive ketones (excluding diaryl/α,β-unsaturated/α-hetero) is 1. The summed E-state index contributed by atoms with van der Waals surface area (Å²) >= 11 is 0. The van der Waals surface area contributed by atoms with Gasteiger partial charge in [0.25, 0.3) is 0 Å². The smallest absolute Gasteiger partial charge is 0.156 e. The Kier molecular flexibility index (Phi) is 5.06. The molecule has 5 heteroatoms. The third kappa shape index (κ3) is 3.85. The Hall–Kier alpha value is -1.88. The van der Waals surface area contributed by atoms with Crippen molar-refractivity contribution in [1.82, 2.24) is 9.88 Å². The van der Waals surface area contributed by atoms with Gasteiger partial charge >= 0.3 is 0 Å². The van der Waals surface area contributed by atoms with E-state index in [0.717, 1.165) is 24.4 Å². The molecular formula is C17H23N3O2. The molecule has 5 nitrogen and oxygen atoms in total. The van der Waals surface area contributed by atoms with E-state index in [0.29, 0.717) is 19.6 Å². The molecule has 0 aliphatic carbocycles. The number of hydrogen-bond acceptors (Lipinski definition) is 5. The number of ether oxygens (including phenoxy) is 1. The molecule has 1 aromatic rings. The molecule has 3 rings (SSSR count). The number of anilines is 1. The lowest BCUT2D eigenvalue weighted by atomic mass is 10.2. The number of nitrogens with zero attached hydrogens (tertiary/aromatic N) is 3. The summed E-state index contributed by atoms with van der Waals surface area (Å²) in [5, 5.41) is 0. The van der Waals surface area contributed by atoms with Crippen LogP contribution in [0.4, 0.5) is 5.69 Å². The summed E-state index contributed by atoms with van der Waals surface area (Å²) in [6.07, 6.45) is 11.5. The number of likely N-dealkylation sites (tertiary alicyclic amines) is 1. The lowest BCUT2D eigenvalue weighted by molar-refractivity contribution is -0.117. The fourth-order valence-corrected chi connectivity index (χ4v) is 2.97. The van der Waals surface area contributed by atoms with Crippen LogP contribution >= 0.6 is 0 Å². The van der Waals surface area contributed by atoms with Crippen LogP contribution in [0.5, 0.6) is 5.75 Å². The summed E-state index contributed by atoms with van der Waals surface area (Å²) in [5.74, 6) is 1.02. The maximum absolute atomic E-state index is 11.6. The van der Waals surface area contributed by atoms with Gasteiger partial charge in [-0.05, 0) is 32.4 Å². The van der Waals surface area contributed by atoms with E-state index in [1.54, 1.807) is 12.4 Å². The first kappa shape index (κ1) is 15.0. The van der Waals surface area contributed by atoms with E-state index in [9.17, 15) is 4.79 Å². The van der Waals surface area contributed by atoms with Gasteiger partial charge in [-0.2, -0.15) is 0 Å². The van der Waals surface area contributed by atoms with E-state index in [1.165, 1.54) is 25.9 Å². The van der Waals surface area contributed by atoms with Gasteiger partial charge in [-0.1, -0.05) is 6.08 Å². The third-order valence-corrected chi connectivity index (χ3v) is 4.12. The van der Waals surface area contributed by atoms with Gasteiger partial charge in [0.2, 0.25) is 0 Å². The van der Waals surface area contributed by atoms with Crippen molar-refractivity contribution in [3.05, 3.63) is 30.7 Å². The standard InChI is InChI=1S/C17H23N3O2/c21-15-5-3-11-20(14-15)16-13-18-7-6-17(16)22-12-4-10-19-8-1-2-9-19/h3,6-7,11,13H,1-2,4-5,8-10,12,14H2. The summed E-state index contributed by atoms with van der Waals surface area (Å²) in [6, 6.07) is 1.87. The Morgan fingerprint density at radius 1 is 1.27 bits per heavy atom. The highest BCUT2D eigenvalue weighted by Gasteiger charge is 2.17. The van der Waals surface area contributed by atoms with Crippen LogP contribution in [0.25, 0.3) is 0 Å². The first-order valence-electron chi connectivity index (χ1n) is 8.07. The second-order valence-electron chi connectivity index (χ2n) is 5.85. The van der Waals surface area contributed by atoms with Gasteiger partial charge in [-0.25, -0.2) is 0 Å². The zero-order valence-electron chi connectivity index (χ0n) is 12.9. The summed E-state index contributed by atoms with van der Waals surface area (Å²) in [6.45, 7) is 4.64. The van der Waals surface area contributed by atoms with Crippen LogP contribution in [0.2, 0.25) is 0 Å². The normalized spacial score (nSPS) is 18.9. The summed E-state index contributed by atoms with van der Waals surface area (Å²) in [5.41, 5.74) is 0.868. The minimum atomic E-state index is 0.214. The number of carbonyl (C=O) groups excluding carboxylic acids is 1. The second kappa shape index (κ2) is 7.40. The molecule has 0 unspecified atom stereocenters. The maximum Gasteiger partial charge on any atom is 0.156 e. The fraction of sp³-hybridized carbons (Fsp3) is 0.529. The molecule has 0 saturated carbocycles. The molecule has 2 aliphatic rings. The number of allylic oxidation sites excluding steroid dienone is 1. The predicted molar refractivity (Wildman–Crippen MR) is 86.1 cm³/mol. The third-order valence-electron chi connectivity index (χ3n) is 4.12. The second-order valence-corrected chi connectivity index (χ2v) is 5.85. The molecule has 1 fully saturated rings. The van der Waals surface area contributed by atoms with E-state index in [2.05, 4.69) is 9.88 Å². The van der Waals surface area contributed by atoms with Gasteiger partial charge in [0.1, 0.15) is 11.4 Å². The Morgan fingerprint density at radius 2 is 2.14 bits per heavy atom. The van der Waals surface area contributed by atoms with Gasteiger partial charge in [0.05, 0.1) is 19.3 Å². The van der Waals surface area contributed by atoms with E-state index < -0.39 is 0 Å².